The Morgan fingerprint density at radius 3 is 2.57 bits per heavy atom. The molecule has 0 spiro atoms. The number of rotatable bonds is 6. The van der Waals surface area contributed by atoms with E-state index in [4.69, 9.17) is 0 Å². The van der Waals surface area contributed by atoms with E-state index < -0.39 is 12.3 Å². The summed E-state index contributed by atoms with van der Waals surface area (Å²) in [7, 11) is 0. The van der Waals surface area contributed by atoms with E-state index in [9.17, 15) is 18.0 Å². The van der Waals surface area contributed by atoms with Gasteiger partial charge < -0.3 is 10.1 Å². The molecule has 1 amide bonds. The van der Waals surface area contributed by atoms with Crippen molar-refractivity contribution >= 4 is 17.2 Å². The van der Waals surface area contributed by atoms with Gasteiger partial charge in [-0.25, -0.2) is 15.0 Å². The van der Waals surface area contributed by atoms with Crippen molar-refractivity contribution in [3.63, 3.8) is 0 Å². The Labute approximate surface area is 162 Å². The van der Waals surface area contributed by atoms with Crippen LogP contribution < -0.4 is 10.1 Å². The molecule has 2 aromatic heterocycles. The average Bonchev–Trinajstić information content (AvgIpc) is 3.11. The first-order valence-corrected chi connectivity index (χ1v) is 9.08. The van der Waals surface area contributed by atoms with Gasteiger partial charge in [-0.2, -0.15) is 0 Å². The number of carbonyl (C=O) groups excluding carboxylic acids is 1. The van der Waals surface area contributed by atoms with E-state index in [1.165, 1.54) is 18.2 Å². The van der Waals surface area contributed by atoms with Gasteiger partial charge >= 0.3 is 6.36 Å². The van der Waals surface area contributed by atoms with Gasteiger partial charge in [0.15, 0.2) is 10.8 Å². The Hall–Kier alpha value is -3.01. The molecule has 3 rings (SSSR count). The number of hydrogen-bond acceptors (Lipinski definition) is 6. The predicted octanol–water partition coefficient (Wildman–Crippen LogP) is 3.99. The van der Waals surface area contributed by atoms with Crippen LogP contribution >= 0.6 is 11.3 Å². The molecule has 0 atom stereocenters. The number of nitrogens with one attached hydrogen (secondary N) is 1. The van der Waals surface area contributed by atoms with Crippen LogP contribution in [0.15, 0.2) is 42.7 Å². The second-order valence-corrected chi connectivity index (χ2v) is 6.56. The normalized spacial score (nSPS) is 11.3. The number of nitrogens with zero attached hydrogens (tertiary/aromatic N) is 3. The van der Waals surface area contributed by atoms with Crippen molar-refractivity contribution in [2.75, 3.05) is 0 Å². The SMILES string of the molecule is CCc1nc(-c2ncccn2)sc1C(=O)NCc1ccccc1OC(F)(F)F. The summed E-state index contributed by atoms with van der Waals surface area (Å²) in [6, 6.07) is 7.32. The van der Waals surface area contributed by atoms with Gasteiger partial charge in [-0.1, -0.05) is 25.1 Å². The van der Waals surface area contributed by atoms with Crippen molar-refractivity contribution in [3.05, 3.63) is 58.9 Å². The summed E-state index contributed by atoms with van der Waals surface area (Å²) >= 11 is 1.14. The van der Waals surface area contributed by atoms with Crippen LogP contribution in [0.25, 0.3) is 10.8 Å². The lowest BCUT2D eigenvalue weighted by molar-refractivity contribution is -0.274. The number of thiazole rings is 1. The maximum Gasteiger partial charge on any atom is 0.573 e. The summed E-state index contributed by atoms with van der Waals surface area (Å²) in [5.74, 6) is -0.378. The largest absolute Gasteiger partial charge is 0.573 e. The fourth-order valence-corrected chi connectivity index (χ4v) is 3.42. The van der Waals surface area contributed by atoms with E-state index in [2.05, 4.69) is 25.0 Å². The Morgan fingerprint density at radius 2 is 1.89 bits per heavy atom. The van der Waals surface area contributed by atoms with Crippen molar-refractivity contribution in [2.45, 2.75) is 26.3 Å². The van der Waals surface area contributed by atoms with Crippen LogP contribution in [0, 0.1) is 0 Å². The lowest BCUT2D eigenvalue weighted by Crippen LogP contribution is -2.24. The van der Waals surface area contributed by atoms with E-state index in [1.807, 2.05) is 6.92 Å². The molecule has 0 fully saturated rings. The summed E-state index contributed by atoms with van der Waals surface area (Å²) in [4.78, 5) is 25.6. The number of benzene rings is 1. The zero-order valence-corrected chi connectivity index (χ0v) is 15.5. The van der Waals surface area contributed by atoms with E-state index >= 15 is 0 Å². The smallest absolute Gasteiger partial charge is 0.405 e. The summed E-state index contributed by atoms with van der Waals surface area (Å²) in [5.41, 5.74) is 0.784. The third kappa shape index (κ3) is 4.83. The van der Waals surface area contributed by atoms with E-state index in [0.29, 0.717) is 27.8 Å². The standard InChI is InChI=1S/C18H15F3N4O2S/c1-2-12-14(28-17(25-12)15-22-8-5-9-23-15)16(26)24-10-11-6-3-4-7-13(11)27-18(19,20)21/h3-9H,2,10H2,1H3,(H,24,26). The molecule has 0 aliphatic heterocycles. The topological polar surface area (TPSA) is 77.0 Å². The van der Waals surface area contributed by atoms with Gasteiger partial charge in [0.2, 0.25) is 0 Å². The molecule has 6 nitrogen and oxygen atoms in total. The highest BCUT2D eigenvalue weighted by Crippen LogP contribution is 2.28. The molecular formula is C18H15F3N4O2S. The summed E-state index contributed by atoms with van der Waals surface area (Å²) < 4.78 is 41.6. The van der Waals surface area contributed by atoms with Crippen LogP contribution in [0.1, 0.15) is 27.9 Å². The molecule has 28 heavy (non-hydrogen) atoms. The Bertz CT molecular complexity index is 961. The number of halogens is 3. The van der Waals surface area contributed by atoms with Crippen LogP contribution in [0.5, 0.6) is 5.75 Å². The Morgan fingerprint density at radius 1 is 1.18 bits per heavy atom. The minimum atomic E-state index is -4.81. The Kier molecular flexibility index (Phi) is 5.88. The van der Waals surface area contributed by atoms with Gasteiger partial charge in [-0.3, -0.25) is 4.79 Å². The molecule has 0 radical (unpaired) electrons. The number of para-hydroxylation sites is 1. The van der Waals surface area contributed by atoms with Gasteiger partial charge in [0.1, 0.15) is 10.6 Å². The minimum absolute atomic E-state index is 0.122. The van der Waals surface area contributed by atoms with Crippen molar-refractivity contribution in [1.82, 2.24) is 20.3 Å². The molecule has 1 aromatic carbocycles. The van der Waals surface area contributed by atoms with Crippen LogP contribution in [0.4, 0.5) is 13.2 Å². The second kappa shape index (κ2) is 8.34. The van der Waals surface area contributed by atoms with Crippen LogP contribution in [-0.2, 0) is 13.0 Å². The molecule has 0 bridgehead atoms. The average molecular weight is 408 g/mol. The van der Waals surface area contributed by atoms with Gasteiger partial charge in [-0.05, 0) is 18.6 Å². The van der Waals surface area contributed by atoms with Crippen molar-refractivity contribution in [1.29, 1.82) is 0 Å². The van der Waals surface area contributed by atoms with Gasteiger partial charge in [0, 0.05) is 24.5 Å². The monoisotopic (exact) mass is 408 g/mol. The lowest BCUT2D eigenvalue weighted by Gasteiger charge is -2.13. The zero-order valence-electron chi connectivity index (χ0n) is 14.7. The third-order valence-corrected chi connectivity index (χ3v) is 4.73. The Balaban J connectivity index is 1.77. The molecule has 146 valence electrons. The highest BCUT2D eigenvalue weighted by Gasteiger charge is 2.32. The fourth-order valence-electron chi connectivity index (χ4n) is 2.40. The minimum Gasteiger partial charge on any atom is -0.405 e. The molecule has 0 saturated heterocycles. The maximum absolute atomic E-state index is 12.6. The lowest BCUT2D eigenvalue weighted by atomic mass is 10.2. The molecule has 10 heteroatoms. The van der Waals surface area contributed by atoms with Crippen LogP contribution in [0.3, 0.4) is 0 Å². The van der Waals surface area contributed by atoms with Crippen LogP contribution in [-0.4, -0.2) is 27.2 Å². The summed E-state index contributed by atoms with van der Waals surface area (Å²) in [6.45, 7) is 1.73. The quantitative estimate of drug-likeness (QED) is 0.667. The number of aryl methyl sites for hydroxylation is 1. The molecule has 2 heterocycles. The van der Waals surface area contributed by atoms with E-state index in [0.717, 1.165) is 11.3 Å². The number of amides is 1. The number of carbonyl (C=O) groups is 1. The van der Waals surface area contributed by atoms with Gasteiger partial charge in [-0.15, -0.1) is 24.5 Å². The molecule has 0 aliphatic rings. The summed E-state index contributed by atoms with van der Waals surface area (Å²) in [6.07, 6.45) is -1.14. The predicted molar refractivity (Wildman–Crippen MR) is 96.8 cm³/mol. The molecular weight excluding hydrogens is 393 g/mol. The van der Waals surface area contributed by atoms with Crippen molar-refractivity contribution in [2.24, 2.45) is 0 Å². The van der Waals surface area contributed by atoms with E-state index in [-0.39, 0.29) is 17.9 Å². The second-order valence-electron chi connectivity index (χ2n) is 5.56. The van der Waals surface area contributed by atoms with Gasteiger partial charge in [0.05, 0.1) is 5.69 Å². The van der Waals surface area contributed by atoms with Crippen LogP contribution in [0.2, 0.25) is 0 Å². The maximum atomic E-state index is 12.6. The third-order valence-electron chi connectivity index (χ3n) is 3.63. The first-order valence-electron chi connectivity index (χ1n) is 8.26. The number of ether oxygens (including phenoxy) is 1. The van der Waals surface area contributed by atoms with E-state index in [1.54, 1.807) is 24.5 Å². The highest BCUT2D eigenvalue weighted by atomic mass is 32.1. The van der Waals surface area contributed by atoms with Gasteiger partial charge in [0.25, 0.3) is 5.91 Å². The molecule has 1 N–H and O–H groups in total. The number of aromatic nitrogens is 3. The molecule has 0 saturated carbocycles. The highest BCUT2D eigenvalue weighted by molar-refractivity contribution is 7.17. The molecule has 0 aliphatic carbocycles. The number of hydrogen-bond donors (Lipinski definition) is 1. The van der Waals surface area contributed by atoms with Crippen molar-refractivity contribution < 1.29 is 22.7 Å². The first kappa shape index (κ1) is 19.7. The zero-order chi connectivity index (χ0) is 20.1. The molecule has 0 unspecified atom stereocenters. The van der Waals surface area contributed by atoms with Crippen molar-refractivity contribution in [3.8, 4) is 16.6 Å². The summed E-state index contributed by atoms with van der Waals surface area (Å²) in [5, 5.41) is 3.13. The fraction of sp³-hybridized carbons (Fsp3) is 0.222. The molecule has 3 aromatic rings. The first-order chi connectivity index (χ1) is 13.4. The number of alkyl halides is 3.